The monoisotopic (exact) mass is 256 g/mol. The van der Waals surface area contributed by atoms with Gasteiger partial charge in [0.05, 0.1) is 6.54 Å². The Morgan fingerprint density at radius 1 is 1.16 bits per heavy atom. The van der Waals surface area contributed by atoms with Crippen LogP contribution in [0.4, 0.5) is 10.3 Å². The molecule has 0 atom stereocenters. The van der Waals surface area contributed by atoms with Gasteiger partial charge in [-0.1, -0.05) is 18.2 Å². The minimum Gasteiger partial charge on any atom is -0.369 e. The Bertz CT molecular complexity index is 748. The third-order valence-corrected chi connectivity index (χ3v) is 3.05. The number of aromatic nitrogens is 3. The zero-order valence-electron chi connectivity index (χ0n) is 10.5. The van der Waals surface area contributed by atoms with E-state index in [1.807, 2.05) is 19.1 Å². The Morgan fingerprint density at radius 3 is 2.74 bits per heavy atom. The lowest BCUT2D eigenvalue weighted by Gasteiger charge is -2.07. The van der Waals surface area contributed by atoms with Gasteiger partial charge in [-0.3, -0.25) is 4.57 Å². The summed E-state index contributed by atoms with van der Waals surface area (Å²) >= 11 is 0. The van der Waals surface area contributed by atoms with Crippen LogP contribution < -0.4 is 5.73 Å². The van der Waals surface area contributed by atoms with Crippen LogP contribution in [0.25, 0.3) is 11.2 Å². The fourth-order valence-corrected chi connectivity index (χ4v) is 2.07. The topological polar surface area (TPSA) is 56.7 Å². The van der Waals surface area contributed by atoms with E-state index in [9.17, 15) is 4.39 Å². The third kappa shape index (κ3) is 2.03. The first kappa shape index (κ1) is 11.6. The highest BCUT2D eigenvalue weighted by atomic mass is 19.1. The van der Waals surface area contributed by atoms with Gasteiger partial charge in [-0.2, -0.15) is 0 Å². The number of fused-ring (bicyclic) bond motifs is 1. The molecule has 0 aliphatic rings. The molecule has 96 valence electrons. The second kappa shape index (κ2) is 4.35. The number of nitrogens with zero attached hydrogens (tertiary/aromatic N) is 3. The molecule has 19 heavy (non-hydrogen) atoms. The minimum absolute atomic E-state index is 0.253. The van der Waals surface area contributed by atoms with Crippen molar-refractivity contribution in [3.63, 3.8) is 0 Å². The molecule has 3 rings (SSSR count). The summed E-state index contributed by atoms with van der Waals surface area (Å²) in [5.74, 6) is 0.0905. The predicted molar refractivity (Wildman–Crippen MR) is 72.2 cm³/mol. The molecule has 3 aromatic rings. The number of nitrogen functional groups attached to an aromatic ring is 1. The van der Waals surface area contributed by atoms with Crippen molar-refractivity contribution in [2.24, 2.45) is 0 Å². The molecule has 2 aromatic heterocycles. The van der Waals surface area contributed by atoms with Crippen LogP contribution >= 0.6 is 0 Å². The standard InChI is InChI=1S/C14H13FN4/c1-9-6-7-12-13(17-9)19(14(16)18-12)8-10-4-2-3-5-11(10)15/h2-7H,8H2,1H3,(H2,16,18). The molecular weight excluding hydrogens is 243 g/mol. The zero-order valence-corrected chi connectivity index (χ0v) is 10.5. The molecule has 1 aromatic carbocycles. The lowest BCUT2D eigenvalue weighted by atomic mass is 10.2. The fraction of sp³-hybridized carbons (Fsp3) is 0.143. The largest absolute Gasteiger partial charge is 0.369 e. The van der Waals surface area contributed by atoms with Gasteiger partial charge in [0.1, 0.15) is 11.3 Å². The van der Waals surface area contributed by atoms with Gasteiger partial charge in [-0.15, -0.1) is 0 Å². The van der Waals surface area contributed by atoms with E-state index < -0.39 is 0 Å². The molecule has 2 N–H and O–H groups in total. The summed E-state index contributed by atoms with van der Waals surface area (Å²) < 4.78 is 15.4. The van der Waals surface area contributed by atoms with Gasteiger partial charge in [-0.05, 0) is 25.1 Å². The van der Waals surface area contributed by atoms with Crippen LogP contribution in [-0.4, -0.2) is 14.5 Å². The summed E-state index contributed by atoms with van der Waals surface area (Å²) in [5, 5.41) is 0. The lowest BCUT2D eigenvalue weighted by Crippen LogP contribution is -2.06. The first-order valence-electron chi connectivity index (χ1n) is 5.98. The maximum absolute atomic E-state index is 13.7. The highest BCUT2D eigenvalue weighted by Crippen LogP contribution is 2.19. The lowest BCUT2D eigenvalue weighted by molar-refractivity contribution is 0.602. The van der Waals surface area contributed by atoms with Gasteiger partial charge in [0, 0.05) is 11.3 Å². The number of hydrogen-bond acceptors (Lipinski definition) is 3. The molecule has 0 radical (unpaired) electrons. The highest BCUT2D eigenvalue weighted by Gasteiger charge is 2.11. The third-order valence-electron chi connectivity index (χ3n) is 3.05. The summed E-state index contributed by atoms with van der Waals surface area (Å²) in [5.41, 5.74) is 8.74. The Hall–Kier alpha value is -2.43. The quantitative estimate of drug-likeness (QED) is 0.766. The van der Waals surface area contributed by atoms with Crippen LogP contribution in [0.15, 0.2) is 36.4 Å². The Kier molecular flexibility index (Phi) is 2.67. The SMILES string of the molecule is Cc1ccc2nc(N)n(Cc3ccccc3F)c2n1. The second-order valence-electron chi connectivity index (χ2n) is 4.44. The average Bonchev–Trinajstić information content (AvgIpc) is 2.69. The maximum atomic E-state index is 13.7. The summed E-state index contributed by atoms with van der Waals surface area (Å²) in [7, 11) is 0. The molecule has 0 bridgehead atoms. The molecule has 0 amide bonds. The first-order valence-corrected chi connectivity index (χ1v) is 5.98. The van der Waals surface area contributed by atoms with Crippen molar-refractivity contribution in [1.82, 2.24) is 14.5 Å². The number of imidazole rings is 1. The fourth-order valence-electron chi connectivity index (χ4n) is 2.07. The van der Waals surface area contributed by atoms with E-state index in [2.05, 4.69) is 9.97 Å². The van der Waals surface area contributed by atoms with E-state index in [4.69, 9.17) is 5.73 Å². The van der Waals surface area contributed by atoms with Crippen molar-refractivity contribution >= 4 is 17.1 Å². The molecule has 0 fully saturated rings. The molecule has 0 aliphatic heterocycles. The van der Waals surface area contributed by atoms with Gasteiger partial charge in [0.2, 0.25) is 5.95 Å². The Morgan fingerprint density at radius 2 is 1.95 bits per heavy atom. The van der Waals surface area contributed by atoms with Crippen LogP contribution in [0.2, 0.25) is 0 Å². The number of nitrogens with two attached hydrogens (primary N) is 1. The summed E-state index contributed by atoms with van der Waals surface area (Å²) in [6, 6.07) is 10.4. The van der Waals surface area contributed by atoms with Gasteiger partial charge in [-0.25, -0.2) is 14.4 Å². The molecule has 0 saturated carbocycles. The Balaban J connectivity index is 2.12. The molecule has 5 heteroatoms. The summed E-state index contributed by atoms with van der Waals surface area (Å²) in [4.78, 5) is 8.66. The van der Waals surface area contributed by atoms with Gasteiger partial charge < -0.3 is 5.73 Å². The predicted octanol–water partition coefficient (Wildman–Crippen LogP) is 2.51. The van der Waals surface area contributed by atoms with Crippen LogP contribution in [-0.2, 0) is 6.54 Å². The van der Waals surface area contributed by atoms with E-state index in [-0.39, 0.29) is 5.82 Å². The van der Waals surface area contributed by atoms with E-state index >= 15 is 0 Å². The first-order chi connectivity index (χ1) is 9.15. The summed E-state index contributed by atoms with van der Waals surface area (Å²) in [6.45, 7) is 2.22. The van der Waals surface area contributed by atoms with E-state index in [0.29, 0.717) is 23.7 Å². The van der Waals surface area contributed by atoms with Gasteiger partial charge in [0.15, 0.2) is 5.65 Å². The summed E-state index contributed by atoms with van der Waals surface area (Å²) in [6.07, 6.45) is 0. The van der Waals surface area contributed by atoms with Crippen molar-refractivity contribution < 1.29 is 4.39 Å². The van der Waals surface area contributed by atoms with Crippen LogP contribution in [0.3, 0.4) is 0 Å². The second-order valence-corrected chi connectivity index (χ2v) is 4.44. The number of rotatable bonds is 2. The van der Waals surface area contributed by atoms with Crippen LogP contribution in [0, 0.1) is 12.7 Å². The molecule has 0 saturated heterocycles. The zero-order chi connectivity index (χ0) is 13.4. The van der Waals surface area contributed by atoms with Crippen LogP contribution in [0.5, 0.6) is 0 Å². The molecule has 0 aliphatic carbocycles. The minimum atomic E-state index is -0.253. The number of aryl methyl sites for hydroxylation is 1. The Labute approximate surface area is 109 Å². The van der Waals surface area contributed by atoms with E-state index in [0.717, 1.165) is 11.2 Å². The molecule has 0 spiro atoms. The number of anilines is 1. The maximum Gasteiger partial charge on any atom is 0.202 e. The van der Waals surface area contributed by atoms with E-state index in [1.54, 1.807) is 22.8 Å². The number of halogens is 1. The van der Waals surface area contributed by atoms with Crippen molar-refractivity contribution in [1.29, 1.82) is 0 Å². The smallest absolute Gasteiger partial charge is 0.202 e. The molecule has 2 heterocycles. The molecular formula is C14H13FN4. The number of pyridine rings is 1. The van der Waals surface area contributed by atoms with Crippen molar-refractivity contribution in [2.75, 3.05) is 5.73 Å². The van der Waals surface area contributed by atoms with Crippen LogP contribution in [0.1, 0.15) is 11.3 Å². The van der Waals surface area contributed by atoms with Crippen molar-refractivity contribution in [3.8, 4) is 0 Å². The van der Waals surface area contributed by atoms with Gasteiger partial charge in [0.25, 0.3) is 0 Å². The molecule has 0 unspecified atom stereocenters. The normalized spacial score (nSPS) is 11.1. The van der Waals surface area contributed by atoms with E-state index in [1.165, 1.54) is 6.07 Å². The highest BCUT2D eigenvalue weighted by molar-refractivity contribution is 5.74. The van der Waals surface area contributed by atoms with Crippen molar-refractivity contribution in [3.05, 3.63) is 53.5 Å². The van der Waals surface area contributed by atoms with Crippen molar-refractivity contribution in [2.45, 2.75) is 13.5 Å². The number of hydrogen-bond donors (Lipinski definition) is 1. The number of benzene rings is 1. The molecule has 4 nitrogen and oxygen atoms in total. The van der Waals surface area contributed by atoms with Gasteiger partial charge >= 0.3 is 0 Å². The average molecular weight is 256 g/mol.